The third kappa shape index (κ3) is 4.02. The minimum absolute atomic E-state index is 0.181. The maximum atomic E-state index is 13.1. The summed E-state index contributed by atoms with van der Waals surface area (Å²) in [4.78, 5) is 32.2. The molecule has 1 aliphatic carbocycles. The van der Waals surface area contributed by atoms with Crippen molar-refractivity contribution in [3.8, 4) is 0 Å². The fourth-order valence-electron chi connectivity index (χ4n) is 3.61. The molecule has 1 amide bonds. The zero-order chi connectivity index (χ0) is 21.4. The van der Waals surface area contributed by atoms with Crippen LogP contribution >= 0.6 is 34.5 Å². The van der Waals surface area contributed by atoms with Gasteiger partial charge < -0.3 is 0 Å². The summed E-state index contributed by atoms with van der Waals surface area (Å²) in [5.41, 5.74) is 4.00. The molecule has 0 saturated heterocycles. The number of carbonyl (C=O) groups excluding carboxylic acids is 1. The van der Waals surface area contributed by atoms with Crippen molar-refractivity contribution in [1.82, 2.24) is 15.0 Å². The predicted octanol–water partition coefficient (Wildman–Crippen LogP) is 4.60. The lowest BCUT2D eigenvalue weighted by atomic mass is 9.89. The molecule has 156 valence electrons. The second-order valence-corrected chi connectivity index (χ2v) is 9.49. The molecule has 2 heterocycles. The third-order valence-electron chi connectivity index (χ3n) is 5.38. The summed E-state index contributed by atoms with van der Waals surface area (Å²) in [6, 6.07) is 4.22. The Kier molecular flexibility index (Phi) is 5.95. The Balaban J connectivity index is 1.56. The molecule has 3 aromatic rings. The van der Waals surface area contributed by atoms with Crippen molar-refractivity contribution in [3.63, 3.8) is 0 Å². The van der Waals surface area contributed by atoms with Crippen LogP contribution in [-0.2, 0) is 17.6 Å². The van der Waals surface area contributed by atoms with Crippen molar-refractivity contribution in [1.29, 1.82) is 0 Å². The number of halogens is 2. The maximum Gasteiger partial charge on any atom is 0.263 e. The fraction of sp³-hybridized carbons (Fsp3) is 0.333. The van der Waals surface area contributed by atoms with Gasteiger partial charge in [-0.3, -0.25) is 14.2 Å². The summed E-state index contributed by atoms with van der Waals surface area (Å²) in [5, 5.41) is 5.55. The molecule has 6 nitrogen and oxygen atoms in total. The molecule has 4 rings (SSSR count). The highest BCUT2D eigenvalue weighted by molar-refractivity contribution is 7.18. The van der Waals surface area contributed by atoms with Crippen molar-refractivity contribution in [3.05, 3.63) is 60.9 Å². The third-order valence-corrected chi connectivity index (χ3v) is 7.10. The Labute approximate surface area is 187 Å². The van der Waals surface area contributed by atoms with E-state index in [0.717, 1.165) is 29.7 Å². The van der Waals surface area contributed by atoms with Crippen molar-refractivity contribution in [2.45, 2.75) is 39.2 Å². The molecular formula is C21H20Cl2N4O2S. The molecule has 0 fully saturated rings. The number of amides is 1. The average molecular weight is 463 g/mol. The molecule has 0 saturated carbocycles. The number of nitrogens with one attached hydrogen (secondary N) is 1. The average Bonchev–Trinajstić information content (AvgIpc) is 3.07. The number of thiophene rings is 1. The Hall–Kier alpha value is -2.22. The van der Waals surface area contributed by atoms with E-state index in [0.29, 0.717) is 26.9 Å². The van der Waals surface area contributed by atoms with Gasteiger partial charge in [-0.05, 0) is 49.8 Å². The molecule has 1 aromatic carbocycles. The van der Waals surface area contributed by atoms with Crippen molar-refractivity contribution < 1.29 is 4.79 Å². The number of benzene rings is 1. The summed E-state index contributed by atoms with van der Waals surface area (Å²) in [5.74, 6) is 0.196. The van der Waals surface area contributed by atoms with E-state index < -0.39 is 11.9 Å². The smallest absolute Gasteiger partial charge is 0.263 e. The molecule has 9 heteroatoms. The van der Waals surface area contributed by atoms with Crippen LogP contribution in [0.4, 0.5) is 0 Å². The van der Waals surface area contributed by atoms with Crippen molar-refractivity contribution in [2.24, 2.45) is 11.0 Å². The van der Waals surface area contributed by atoms with Gasteiger partial charge in [0.1, 0.15) is 10.9 Å². The molecule has 2 atom stereocenters. The van der Waals surface area contributed by atoms with Crippen LogP contribution in [0.15, 0.2) is 34.4 Å². The number of hydrogen-bond donors (Lipinski definition) is 1. The van der Waals surface area contributed by atoms with Gasteiger partial charge in [0, 0.05) is 15.5 Å². The lowest BCUT2D eigenvalue weighted by Gasteiger charge is -2.18. The largest absolute Gasteiger partial charge is 0.286 e. The Morgan fingerprint density at radius 3 is 3.00 bits per heavy atom. The Morgan fingerprint density at radius 2 is 2.23 bits per heavy atom. The summed E-state index contributed by atoms with van der Waals surface area (Å²) in [7, 11) is 0. The summed E-state index contributed by atoms with van der Waals surface area (Å²) >= 11 is 13.6. The molecular weight excluding hydrogens is 443 g/mol. The number of aromatic nitrogens is 2. The zero-order valence-corrected chi connectivity index (χ0v) is 18.8. The number of fused-ring (bicyclic) bond motifs is 3. The summed E-state index contributed by atoms with van der Waals surface area (Å²) < 4.78 is 1.37. The molecule has 0 radical (unpaired) electrons. The molecule has 30 heavy (non-hydrogen) atoms. The topological polar surface area (TPSA) is 76.3 Å². The normalized spacial score (nSPS) is 17.3. The fourth-order valence-corrected chi connectivity index (χ4v) is 5.41. The lowest BCUT2D eigenvalue weighted by Crippen LogP contribution is -2.34. The van der Waals surface area contributed by atoms with E-state index in [1.54, 1.807) is 36.5 Å². The van der Waals surface area contributed by atoms with Crippen LogP contribution < -0.4 is 11.0 Å². The second kappa shape index (κ2) is 8.49. The van der Waals surface area contributed by atoms with E-state index in [1.807, 2.05) is 0 Å². The molecule has 0 spiro atoms. The van der Waals surface area contributed by atoms with Gasteiger partial charge in [-0.1, -0.05) is 36.2 Å². The van der Waals surface area contributed by atoms with Gasteiger partial charge in [0.2, 0.25) is 0 Å². The van der Waals surface area contributed by atoms with Gasteiger partial charge in [0.15, 0.2) is 0 Å². The van der Waals surface area contributed by atoms with E-state index >= 15 is 0 Å². The van der Waals surface area contributed by atoms with E-state index in [4.69, 9.17) is 23.2 Å². The maximum absolute atomic E-state index is 13.1. The summed E-state index contributed by atoms with van der Waals surface area (Å²) in [6.07, 6.45) is 5.80. The van der Waals surface area contributed by atoms with Crippen LogP contribution in [0, 0.1) is 5.92 Å². The minimum atomic E-state index is -0.759. The second-order valence-electron chi connectivity index (χ2n) is 7.56. The summed E-state index contributed by atoms with van der Waals surface area (Å²) in [6.45, 7) is 3.87. The number of aryl methyl sites for hydroxylation is 1. The minimum Gasteiger partial charge on any atom is -0.286 e. The zero-order valence-electron chi connectivity index (χ0n) is 16.5. The van der Waals surface area contributed by atoms with E-state index in [2.05, 4.69) is 22.4 Å². The molecule has 0 aliphatic heterocycles. The van der Waals surface area contributed by atoms with Crippen molar-refractivity contribution >= 4 is 56.9 Å². The van der Waals surface area contributed by atoms with Crippen LogP contribution in [0.1, 0.15) is 42.3 Å². The number of rotatable bonds is 4. The Morgan fingerprint density at radius 1 is 1.43 bits per heavy atom. The highest BCUT2D eigenvalue weighted by Crippen LogP contribution is 2.35. The van der Waals surface area contributed by atoms with Gasteiger partial charge in [0.05, 0.1) is 23.0 Å². The van der Waals surface area contributed by atoms with Crippen LogP contribution in [0.2, 0.25) is 10.0 Å². The van der Waals surface area contributed by atoms with Gasteiger partial charge in [-0.25, -0.2) is 10.4 Å². The molecule has 0 unspecified atom stereocenters. The van der Waals surface area contributed by atoms with Gasteiger partial charge in [-0.2, -0.15) is 5.10 Å². The first-order valence-electron chi connectivity index (χ1n) is 9.64. The predicted molar refractivity (Wildman–Crippen MR) is 122 cm³/mol. The number of nitrogens with zero attached hydrogens (tertiary/aromatic N) is 3. The SMILES string of the molecule is C[C@H]1CCc2c(sc3ncn([C@H](C)C(=O)N/N=C/c4ccc(Cl)cc4Cl)c(=O)c23)C1. The molecule has 1 N–H and O–H groups in total. The highest BCUT2D eigenvalue weighted by atomic mass is 35.5. The molecule has 0 bridgehead atoms. The first-order valence-corrected chi connectivity index (χ1v) is 11.2. The van der Waals surface area contributed by atoms with Crippen molar-refractivity contribution in [2.75, 3.05) is 0 Å². The molecule has 2 aromatic heterocycles. The van der Waals surface area contributed by atoms with Gasteiger partial charge >= 0.3 is 0 Å². The lowest BCUT2D eigenvalue weighted by molar-refractivity contribution is -0.123. The van der Waals surface area contributed by atoms with Gasteiger partial charge in [0.25, 0.3) is 11.5 Å². The number of hydrogen-bond acceptors (Lipinski definition) is 5. The first-order chi connectivity index (χ1) is 14.3. The van der Waals surface area contributed by atoms with Crippen LogP contribution in [0.5, 0.6) is 0 Å². The van der Waals surface area contributed by atoms with Crippen LogP contribution in [0.3, 0.4) is 0 Å². The van der Waals surface area contributed by atoms with E-state index in [9.17, 15) is 9.59 Å². The van der Waals surface area contributed by atoms with Gasteiger partial charge in [-0.15, -0.1) is 11.3 Å². The number of carbonyl (C=O) groups is 1. The van der Waals surface area contributed by atoms with E-state index in [-0.39, 0.29) is 5.56 Å². The highest BCUT2D eigenvalue weighted by Gasteiger charge is 2.25. The Bertz CT molecular complexity index is 1220. The van der Waals surface area contributed by atoms with Crippen LogP contribution in [-0.4, -0.2) is 21.7 Å². The van der Waals surface area contributed by atoms with Crippen LogP contribution in [0.25, 0.3) is 10.2 Å². The molecule has 1 aliphatic rings. The standard InChI is InChI=1S/C21H20Cl2N4O2S/c1-11-3-6-15-17(7-11)30-20-18(15)21(29)27(10-24-20)12(2)19(28)26-25-9-13-4-5-14(22)8-16(13)23/h4-5,8-12H,3,6-7H2,1-2H3,(H,26,28)/b25-9+/t11-,12+/m0/s1. The monoisotopic (exact) mass is 462 g/mol. The van der Waals surface area contributed by atoms with E-state index in [1.165, 1.54) is 22.0 Å². The first kappa shape index (κ1) is 21.0. The quantitative estimate of drug-likeness (QED) is 0.454. The number of hydrazone groups is 1.